The van der Waals surface area contributed by atoms with Crippen LogP contribution < -0.4 is 15.0 Å². The minimum absolute atomic E-state index is 0.000638. The van der Waals surface area contributed by atoms with Crippen molar-refractivity contribution in [2.24, 2.45) is 5.92 Å². The van der Waals surface area contributed by atoms with Crippen LogP contribution in [-0.2, 0) is 4.79 Å². The van der Waals surface area contributed by atoms with Crippen LogP contribution in [0.1, 0.15) is 36.9 Å². The van der Waals surface area contributed by atoms with Gasteiger partial charge < -0.3 is 15.0 Å². The van der Waals surface area contributed by atoms with Gasteiger partial charge in [-0.15, -0.1) is 0 Å². The fraction of sp³-hybridized carbons (Fsp3) is 0.320. The zero-order chi connectivity index (χ0) is 21.6. The van der Waals surface area contributed by atoms with Crippen LogP contribution in [0.25, 0.3) is 0 Å². The van der Waals surface area contributed by atoms with Crippen molar-refractivity contribution in [3.8, 4) is 11.6 Å². The highest BCUT2D eigenvalue weighted by molar-refractivity contribution is 5.79. The molecule has 1 aliphatic rings. The van der Waals surface area contributed by atoms with Crippen LogP contribution in [0.3, 0.4) is 0 Å². The summed E-state index contributed by atoms with van der Waals surface area (Å²) >= 11 is 0. The molecule has 1 aromatic heterocycles. The molecule has 0 spiro atoms. The smallest absolute Gasteiger partial charge is 0.263 e. The maximum absolute atomic E-state index is 12.8. The molecule has 2 heterocycles. The minimum Gasteiger partial charge on any atom is -0.436 e. The summed E-state index contributed by atoms with van der Waals surface area (Å²) in [7, 11) is 0. The number of hydrogen-bond donors (Lipinski definition) is 1. The van der Waals surface area contributed by atoms with E-state index in [9.17, 15) is 4.79 Å². The molecule has 160 valence electrons. The number of hydrogen-bond acceptors (Lipinski definition) is 5. The van der Waals surface area contributed by atoms with Gasteiger partial charge in [-0.05, 0) is 44.4 Å². The monoisotopic (exact) mass is 416 g/mol. The second-order valence-corrected chi connectivity index (χ2v) is 8.00. The molecule has 1 atom stereocenters. The van der Waals surface area contributed by atoms with Gasteiger partial charge in [-0.25, -0.2) is 9.97 Å². The van der Waals surface area contributed by atoms with Crippen molar-refractivity contribution in [3.05, 3.63) is 78.1 Å². The lowest BCUT2D eigenvalue weighted by Crippen LogP contribution is -2.41. The molecule has 1 aliphatic heterocycles. The number of rotatable bonds is 6. The lowest BCUT2D eigenvalue weighted by molar-refractivity contribution is -0.126. The van der Waals surface area contributed by atoms with E-state index in [1.165, 1.54) is 5.56 Å². The van der Waals surface area contributed by atoms with Gasteiger partial charge in [0.05, 0.1) is 6.04 Å². The second kappa shape index (κ2) is 9.60. The molecule has 31 heavy (non-hydrogen) atoms. The average molecular weight is 417 g/mol. The number of piperidine rings is 1. The maximum atomic E-state index is 12.8. The molecule has 0 saturated carbocycles. The highest BCUT2D eigenvalue weighted by Gasteiger charge is 2.28. The summed E-state index contributed by atoms with van der Waals surface area (Å²) in [5, 5.41) is 3.17. The summed E-state index contributed by atoms with van der Waals surface area (Å²) in [6.07, 6.45) is 4.85. The van der Waals surface area contributed by atoms with Gasteiger partial charge in [0.2, 0.25) is 5.91 Å². The normalized spacial score (nSPS) is 15.4. The number of aryl methyl sites for hydroxylation is 1. The van der Waals surface area contributed by atoms with Crippen molar-refractivity contribution in [1.29, 1.82) is 0 Å². The largest absolute Gasteiger partial charge is 0.436 e. The van der Waals surface area contributed by atoms with E-state index in [1.54, 1.807) is 12.4 Å². The Bertz CT molecular complexity index is 1000. The number of amides is 1. The fourth-order valence-electron chi connectivity index (χ4n) is 3.83. The molecule has 2 aromatic carbocycles. The van der Waals surface area contributed by atoms with E-state index in [1.807, 2.05) is 37.3 Å². The third kappa shape index (κ3) is 5.20. The van der Waals surface area contributed by atoms with Crippen LogP contribution in [0.4, 0.5) is 5.82 Å². The van der Waals surface area contributed by atoms with Crippen LogP contribution in [-0.4, -0.2) is 29.0 Å². The fourth-order valence-corrected chi connectivity index (χ4v) is 3.83. The highest BCUT2D eigenvalue weighted by Crippen LogP contribution is 2.31. The number of carbonyl (C=O) groups excluding carboxylic acids is 1. The van der Waals surface area contributed by atoms with Crippen LogP contribution in [0.2, 0.25) is 0 Å². The van der Waals surface area contributed by atoms with E-state index in [4.69, 9.17) is 4.74 Å². The Labute approximate surface area is 183 Å². The number of nitrogens with one attached hydrogen (secondary N) is 1. The summed E-state index contributed by atoms with van der Waals surface area (Å²) < 4.78 is 5.95. The van der Waals surface area contributed by atoms with Gasteiger partial charge in [-0.3, -0.25) is 4.79 Å². The van der Waals surface area contributed by atoms with E-state index in [0.29, 0.717) is 5.88 Å². The molecule has 1 amide bonds. The number of aromatic nitrogens is 2. The number of anilines is 1. The molecule has 6 heteroatoms. The Hall–Kier alpha value is -3.41. The van der Waals surface area contributed by atoms with E-state index >= 15 is 0 Å². The third-order valence-electron chi connectivity index (χ3n) is 5.71. The van der Waals surface area contributed by atoms with Crippen molar-refractivity contribution in [1.82, 2.24) is 15.3 Å². The summed E-state index contributed by atoms with van der Waals surface area (Å²) in [5.41, 5.74) is 2.34. The molecule has 1 saturated heterocycles. The molecule has 1 N–H and O–H groups in total. The molecule has 0 radical (unpaired) electrons. The molecule has 0 bridgehead atoms. The Kier molecular flexibility index (Phi) is 6.46. The predicted octanol–water partition coefficient (Wildman–Crippen LogP) is 4.67. The first-order chi connectivity index (χ1) is 15.1. The number of ether oxygens (including phenoxy) is 1. The number of benzene rings is 2. The standard InChI is InChI=1S/C25H28N4O2/c1-18-8-10-20(11-9-18)19(2)28-24(30)21-12-16-29(17-13-21)23-25(27-15-14-26-23)31-22-6-4-3-5-7-22/h3-11,14-15,19,21H,12-13,16-17H2,1-2H3,(H,28,30). The molecular formula is C25H28N4O2. The van der Waals surface area contributed by atoms with Crippen molar-refractivity contribution >= 4 is 11.7 Å². The van der Waals surface area contributed by atoms with Crippen LogP contribution in [0.5, 0.6) is 11.6 Å². The van der Waals surface area contributed by atoms with E-state index in [-0.39, 0.29) is 17.9 Å². The van der Waals surface area contributed by atoms with Gasteiger partial charge in [0.25, 0.3) is 5.88 Å². The van der Waals surface area contributed by atoms with Gasteiger partial charge in [0, 0.05) is 31.4 Å². The van der Waals surface area contributed by atoms with Crippen molar-refractivity contribution in [2.75, 3.05) is 18.0 Å². The van der Waals surface area contributed by atoms with Gasteiger partial charge in [0.15, 0.2) is 5.82 Å². The third-order valence-corrected chi connectivity index (χ3v) is 5.71. The Morgan fingerprint density at radius 3 is 2.42 bits per heavy atom. The topological polar surface area (TPSA) is 67.4 Å². The Morgan fingerprint density at radius 1 is 1.03 bits per heavy atom. The number of carbonyl (C=O) groups is 1. The highest BCUT2D eigenvalue weighted by atomic mass is 16.5. The van der Waals surface area contributed by atoms with E-state index in [2.05, 4.69) is 51.4 Å². The first kappa shape index (κ1) is 20.8. The lowest BCUT2D eigenvalue weighted by Gasteiger charge is -2.33. The molecule has 0 aliphatic carbocycles. The quantitative estimate of drug-likeness (QED) is 0.632. The second-order valence-electron chi connectivity index (χ2n) is 8.00. The van der Waals surface area contributed by atoms with Crippen molar-refractivity contribution in [3.63, 3.8) is 0 Å². The zero-order valence-corrected chi connectivity index (χ0v) is 18.0. The summed E-state index contributed by atoms with van der Waals surface area (Å²) in [4.78, 5) is 23.8. The van der Waals surface area contributed by atoms with Gasteiger partial charge in [-0.2, -0.15) is 0 Å². The predicted molar refractivity (Wildman–Crippen MR) is 121 cm³/mol. The van der Waals surface area contributed by atoms with Crippen LogP contribution >= 0.6 is 0 Å². The van der Waals surface area contributed by atoms with Gasteiger partial charge in [-0.1, -0.05) is 48.0 Å². The molecule has 6 nitrogen and oxygen atoms in total. The molecule has 4 rings (SSSR count). The summed E-state index contributed by atoms with van der Waals surface area (Å²) in [6, 6.07) is 17.9. The first-order valence-electron chi connectivity index (χ1n) is 10.8. The molecule has 3 aromatic rings. The van der Waals surface area contributed by atoms with Crippen molar-refractivity contribution in [2.45, 2.75) is 32.7 Å². The number of para-hydroxylation sites is 1. The van der Waals surface area contributed by atoms with Gasteiger partial charge in [0.1, 0.15) is 5.75 Å². The summed E-state index contributed by atoms with van der Waals surface area (Å²) in [6.45, 7) is 5.57. The Morgan fingerprint density at radius 2 is 1.71 bits per heavy atom. The first-order valence-corrected chi connectivity index (χ1v) is 10.8. The van der Waals surface area contributed by atoms with Crippen LogP contribution in [0.15, 0.2) is 67.0 Å². The molecule has 1 unspecified atom stereocenters. The molecule has 1 fully saturated rings. The van der Waals surface area contributed by atoms with Gasteiger partial charge >= 0.3 is 0 Å². The molecular weight excluding hydrogens is 388 g/mol. The number of nitrogens with zero attached hydrogens (tertiary/aromatic N) is 3. The minimum atomic E-state index is -0.00278. The lowest BCUT2D eigenvalue weighted by atomic mass is 9.95. The van der Waals surface area contributed by atoms with E-state index in [0.717, 1.165) is 43.1 Å². The SMILES string of the molecule is Cc1ccc(C(C)NC(=O)C2CCN(c3nccnc3Oc3ccccc3)CC2)cc1. The summed E-state index contributed by atoms with van der Waals surface area (Å²) in [5.74, 6) is 2.05. The zero-order valence-electron chi connectivity index (χ0n) is 18.0. The van der Waals surface area contributed by atoms with Crippen LogP contribution in [0, 0.1) is 12.8 Å². The maximum Gasteiger partial charge on any atom is 0.263 e. The average Bonchev–Trinajstić information content (AvgIpc) is 2.80. The Balaban J connectivity index is 1.35. The van der Waals surface area contributed by atoms with Crippen molar-refractivity contribution < 1.29 is 9.53 Å². The van der Waals surface area contributed by atoms with E-state index < -0.39 is 0 Å².